The van der Waals surface area contributed by atoms with Crippen LogP contribution in [0.25, 0.3) is 0 Å². The summed E-state index contributed by atoms with van der Waals surface area (Å²) in [5.41, 5.74) is 5.37. The molecule has 27 heavy (non-hydrogen) atoms. The molecule has 142 valence electrons. The average Bonchev–Trinajstić information content (AvgIpc) is 2.66. The molecule has 0 atom stereocenters. The minimum atomic E-state index is -0.495. The number of hydrogen-bond acceptors (Lipinski definition) is 4. The maximum atomic E-state index is 12.0. The lowest BCUT2D eigenvalue weighted by atomic mass is 10.2. The molecule has 2 aromatic carbocycles. The van der Waals surface area contributed by atoms with E-state index in [1.54, 1.807) is 42.5 Å². The molecule has 2 rings (SSSR count). The summed E-state index contributed by atoms with van der Waals surface area (Å²) in [6.07, 6.45) is -0.149. The Balaban J connectivity index is 1.77. The second-order valence-electron chi connectivity index (χ2n) is 5.38. The number of halogens is 2. The molecule has 0 bridgehead atoms. The lowest BCUT2D eigenvalue weighted by Gasteiger charge is -2.09. The summed E-state index contributed by atoms with van der Waals surface area (Å²) in [6.45, 7) is 0. The van der Waals surface area contributed by atoms with Crippen molar-refractivity contribution in [3.8, 4) is 5.75 Å². The van der Waals surface area contributed by atoms with E-state index in [1.165, 1.54) is 7.11 Å². The molecule has 0 aliphatic rings. The number of ether oxygens (including phenoxy) is 1. The summed E-state index contributed by atoms with van der Waals surface area (Å²) in [4.78, 5) is 35.7. The first kappa shape index (κ1) is 20.7. The van der Waals surface area contributed by atoms with Crippen LogP contribution in [-0.4, -0.2) is 24.8 Å². The third-order valence-corrected chi connectivity index (χ3v) is 4.41. The van der Waals surface area contributed by atoms with Gasteiger partial charge in [0.15, 0.2) is 0 Å². The highest BCUT2D eigenvalue weighted by molar-refractivity contribution is 9.10. The topological polar surface area (TPSA) is 96.5 Å². The molecule has 0 radical (unpaired) electrons. The van der Waals surface area contributed by atoms with Crippen LogP contribution in [0.15, 0.2) is 46.9 Å². The average molecular weight is 455 g/mol. The molecular weight excluding hydrogens is 438 g/mol. The van der Waals surface area contributed by atoms with Gasteiger partial charge in [0, 0.05) is 18.4 Å². The van der Waals surface area contributed by atoms with Crippen LogP contribution in [0.2, 0.25) is 5.02 Å². The Kier molecular flexibility index (Phi) is 7.63. The molecule has 0 spiro atoms. The van der Waals surface area contributed by atoms with Crippen LogP contribution in [0.1, 0.15) is 23.2 Å². The lowest BCUT2D eigenvalue weighted by molar-refractivity contribution is -0.124. The Labute approximate surface area is 169 Å². The lowest BCUT2D eigenvalue weighted by Crippen LogP contribution is -2.41. The number of benzene rings is 2. The molecule has 0 saturated heterocycles. The smallest absolute Gasteiger partial charge is 0.269 e. The van der Waals surface area contributed by atoms with Crippen molar-refractivity contribution in [1.29, 1.82) is 0 Å². The van der Waals surface area contributed by atoms with Crippen LogP contribution in [0.3, 0.4) is 0 Å². The Hall–Kier alpha value is -2.58. The van der Waals surface area contributed by atoms with Crippen molar-refractivity contribution in [3.05, 3.63) is 57.5 Å². The molecule has 3 N–H and O–H groups in total. The van der Waals surface area contributed by atoms with Gasteiger partial charge >= 0.3 is 0 Å². The molecule has 7 nitrogen and oxygen atoms in total. The molecule has 2 aromatic rings. The second kappa shape index (κ2) is 9.94. The first-order valence-electron chi connectivity index (χ1n) is 7.88. The van der Waals surface area contributed by atoms with Gasteiger partial charge < -0.3 is 10.1 Å². The predicted molar refractivity (Wildman–Crippen MR) is 106 cm³/mol. The maximum absolute atomic E-state index is 12.0. The number of nitrogens with one attached hydrogen (secondary N) is 3. The second-order valence-corrected chi connectivity index (χ2v) is 6.64. The molecule has 0 aliphatic carbocycles. The quantitative estimate of drug-likeness (QED) is 0.584. The zero-order valence-electron chi connectivity index (χ0n) is 14.3. The molecule has 0 fully saturated rings. The van der Waals surface area contributed by atoms with E-state index in [0.717, 1.165) is 0 Å². The molecule has 0 saturated carbocycles. The molecule has 0 unspecified atom stereocenters. The van der Waals surface area contributed by atoms with Crippen LogP contribution >= 0.6 is 27.5 Å². The fraction of sp³-hybridized carbons (Fsp3) is 0.167. The number of hydrazine groups is 1. The van der Waals surface area contributed by atoms with Gasteiger partial charge in [0.25, 0.3) is 5.91 Å². The molecule has 0 heterocycles. The number of carbonyl (C=O) groups is 3. The first-order valence-corrected chi connectivity index (χ1v) is 9.05. The highest BCUT2D eigenvalue weighted by atomic mass is 79.9. The van der Waals surface area contributed by atoms with Crippen LogP contribution in [0.5, 0.6) is 5.75 Å². The highest BCUT2D eigenvalue weighted by Crippen LogP contribution is 2.25. The van der Waals surface area contributed by atoms with Crippen LogP contribution in [-0.2, 0) is 9.59 Å². The third-order valence-electron chi connectivity index (χ3n) is 3.46. The number of anilines is 1. The van der Waals surface area contributed by atoms with Gasteiger partial charge in [-0.2, -0.15) is 0 Å². The van der Waals surface area contributed by atoms with Gasteiger partial charge in [-0.05, 0) is 46.3 Å². The largest absolute Gasteiger partial charge is 0.496 e. The third kappa shape index (κ3) is 6.26. The predicted octanol–water partition coefficient (Wildman–Crippen LogP) is 3.29. The molecule has 3 amide bonds. The van der Waals surface area contributed by atoms with Gasteiger partial charge in [-0.3, -0.25) is 25.2 Å². The molecule has 0 aromatic heterocycles. The summed E-state index contributed by atoms with van der Waals surface area (Å²) >= 11 is 9.23. The van der Waals surface area contributed by atoms with E-state index in [1.807, 2.05) is 0 Å². The number of carbonyl (C=O) groups excluding carboxylic acids is 3. The number of para-hydroxylation sites is 1. The van der Waals surface area contributed by atoms with Gasteiger partial charge in [-0.15, -0.1) is 0 Å². The molecule has 0 aliphatic heterocycles. The van der Waals surface area contributed by atoms with Gasteiger partial charge in [-0.1, -0.05) is 23.7 Å². The zero-order chi connectivity index (χ0) is 19.8. The van der Waals surface area contributed by atoms with Crippen LogP contribution in [0, 0.1) is 0 Å². The molecular formula is C18H17BrClN3O4. The number of rotatable bonds is 6. The van der Waals surface area contributed by atoms with Gasteiger partial charge in [0.2, 0.25) is 11.8 Å². The van der Waals surface area contributed by atoms with Gasteiger partial charge in [-0.25, -0.2) is 0 Å². The highest BCUT2D eigenvalue weighted by Gasteiger charge is 2.12. The standard InChI is InChI=1S/C18H17BrClN3O4/c1-27-15-7-6-11(10-12(15)19)18(26)23-22-17(25)9-8-16(24)21-14-5-3-2-4-13(14)20/h2-7,10H,8-9H2,1H3,(H,21,24)(H,22,25)(H,23,26). The summed E-state index contributed by atoms with van der Waals surface area (Å²) in [7, 11) is 1.52. The van der Waals surface area contributed by atoms with Crippen molar-refractivity contribution in [2.45, 2.75) is 12.8 Å². The summed E-state index contributed by atoms with van der Waals surface area (Å²) in [6, 6.07) is 11.5. The minimum Gasteiger partial charge on any atom is -0.496 e. The van der Waals surface area contributed by atoms with Crippen molar-refractivity contribution in [2.75, 3.05) is 12.4 Å². The minimum absolute atomic E-state index is 0.0546. The fourth-order valence-electron chi connectivity index (χ4n) is 2.07. The van der Waals surface area contributed by atoms with Crippen molar-refractivity contribution in [2.24, 2.45) is 0 Å². The first-order chi connectivity index (χ1) is 12.9. The number of methoxy groups -OCH3 is 1. The normalized spacial score (nSPS) is 10.0. The Bertz CT molecular complexity index is 860. The Morgan fingerprint density at radius 1 is 1.04 bits per heavy atom. The monoisotopic (exact) mass is 453 g/mol. The van der Waals surface area contributed by atoms with E-state index >= 15 is 0 Å². The van der Waals surface area contributed by atoms with Gasteiger partial charge in [0.05, 0.1) is 22.3 Å². The maximum Gasteiger partial charge on any atom is 0.269 e. The van der Waals surface area contributed by atoms with E-state index in [9.17, 15) is 14.4 Å². The van der Waals surface area contributed by atoms with E-state index in [0.29, 0.717) is 26.5 Å². The van der Waals surface area contributed by atoms with Crippen molar-refractivity contribution in [3.63, 3.8) is 0 Å². The Morgan fingerprint density at radius 2 is 1.74 bits per heavy atom. The van der Waals surface area contributed by atoms with Crippen molar-refractivity contribution >= 4 is 50.9 Å². The van der Waals surface area contributed by atoms with E-state index in [2.05, 4.69) is 32.1 Å². The zero-order valence-corrected chi connectivity index (χ0v) is 16.7. The van der Waals surface area contributed by atoms with Gasteiger partial charge in [0.1, 0.15) is 5.75 Å². The van der Waals surface area contributed by atoms with Crippen molar-refractivity contribution < 1.29 is 19.1 Å². The fourth-order valence-corrected chi connectivity index (χ4v) is 2.79. The summed E-state index contributed by atoms with van der Waals surface area (Å²) in [5, 5.41) is 3.03. The number of amides is 3. The van der Waals surface area contributed by atoms with E-state index < -0.39 is 11.8 Å². The van der Waals surface area contributed by atoms with E-state index in [4.69, 9.17) is 16.3 Å². The SMILES string of the molecule is COc1ccc(C(=O)NNC(=O)CCC(=O)Nc2ccccc2Cl)cc1Br. The van der Waals surface area contributed by atoms with Crippen LogP contribution in [0.4, 0.5) is 5.69 Å². The number of hydrogen-bond donors (Lipinski definition) is 3. The molecule has 9 heteroatoms. The summed E-state index contributed by atoms with van der Waals surface area (Å²) in [5.74, 6) is -0.763. The van der Waals surface area contributed by atoms with Crippen LogP contribution < -0.4 is 20.9 Å². The summed E-state index contributed by atoms with van der Waals surface area (Å²) < 4.78 is 5.70. The van der Waals surface area contributed by atoms with Crippen molar-refractivity contribution in [1.82, 2.24) is 10.9 Å². The van der Waals surface area contributed by atoms with E-state index in [-0.39, 0.29) is 18.7 Å². The Morgan fingerprint density at radius 3 is 2.41 bits per heavy atom.